The first-order chi connectivity index (χ1) is 13.4. The highest BCUT2D eigenvalue weighted by molar-refractivity contribution is 9.10. The lowest BCUT2D eigenvalue weighted by atomic mass is 10.1. The predicted octanol–water partition coefficient (Wildman–Crippen LogP) is 5.62. The summed E-state index contributed by atoms with van der Waals surface area (Å²) in [6.07, 6.45) is 3.64. The van der Waals surface area contributed by atoms with Crippen molar-refractivity contribution in [1.29, 1.82) is 0 Å². The van der Waals surface area contributed by atoms with Crippen molar-refractivity contribution in [3.05, 3.63) is 44.5 Å². The van der Waals surface area contributed by atoms with Gasteiger partial charge in [0.25, 0.3) is 5.91 Å². The van der Waals surface area contributed by atoms with Crippen LogP contribution in [-0.4, -0.2) is 29.0 Å². The molecule has 1 aliphatic heterocycles. The van der Waals surface area contributed by atoms with E-state index in [0.717, 1.165) is 56.2 Å². The number of halogens is 1. The fourth-order valence-corrected chi connectivity index (χ4v) is 5.38. The third-order valence-corrected chi connectivity index (χ3v) is 6.96. The Labute approximate surface area is 177 Å². The van der Waals surface area contributed by atoms with Gasteiger partial charge in [0.2, 0.25) is 0 Å². The summed E-state index contributed by atoms with van der Waals surface area (Å²) in [6.45, 7) is 7.97. The van der Waals surface area contributed by atoms with Crippen molar-refractivity contribution in [2.75, 3.05) is 23.3 Å². The molecule has 28 heavy (non-hydrogen) atoms. The van der Waals surface area contributed by atoms with E-state index in [0.29, 0.717) is 4.88 Å². The lowest BCUT2D eigenvalue weighted by Crippen LogP contribution is -2.30. The van der Waals surface area contributed by atoms with E-state index >= 15 is 0 Å². The van der Waals surface area contributed by atoms with Gasteiger partial charge in [-0.2, -0.15) is 0 Å². The minimum absolute atomic E-state index is 0.104. The summed E-state index contributed by atoms with van der Waals surface area (Å²) in [5.41, 5.74) is 2.87. The van der Waals surface area contributed by atoms with Crippen LogP contribution in [0.4, 0.5) is 11.5 Å². The molecule has 1 N–H and O–H groups in total. The molecule has 0 bridgehead atoms. The molecule has 0 unspecified atom stereocenters. The van der Waals surface area contributed by atoms with Crippen molar-refractivity contribution in [2.45, 2.75) is 40.0 Å². The van der Waals surface area contributed by atoms with Gasteiger partial charge in [0.15, 0.2) is 0 Å². The Morgan fingerprint density at radius 1 is 1.14 bits per heavy atom. The second-order valence-corrected chi connectivity index (χ2v) is 9.17. The first kappa shape index (κ1) is 19.3. The number of aromatic nitrogens is 2. The minimum atomic E-state index is -0.104. The Bertz CT molecular complexity index is 1060. The molecule has 2 aromatic heterocycles. The number of thiophene rings is 1. The minimum Gasteiger partial charge on any atom is -0.356 e. The Morgan fingerprint density at radius 2 is 1.89 bits per heavy atom. The van der Waals surface area contributed by atoms with Crippen LogP contribution in [0.25, 0.3) is 10.2 Å². The first-order valence-electron chi connectivity index (χ1n) is 9.54. The van der Waals surface area contributed by atoms with Gasteiger partial charge in [-0.1, -0.05) is 6.07 Å². The zero-order valence-electron chi connectivity index (χ0n) is 16.3. The summed E-state index contributed by atoms with van der Waals surface area (Å²) >= 11 is 4.98. The second-order valence-electron chi connectivity index (χ2n) is 7.32. The number of carbonyl (C=O) groups excluding carboxylic acids is 1. The lowest BCUT2D eigenvalue weighted by Gasteiger charge is -2.28. The van der Waals surface area contributed by atoms with Crippen LogP contribution < -0.4 is 10.2 Å². The van der Waals surface area contributed by atoms with Gasteiger partial charge in [0.05, 0.1) is 16.0 Å². The molecule has 1 aromatic carbocycles. The Morgan fingerprint density at radius 3 is 2.61 bits per heavy atom. The van der Waals surface area contributed by atoms with E-state index in [9.17, 15) is 4.79 Å². The molecule has 0 spiro atoms. The van der Waals surface area contributed by atoms with Gasteiger partial charge >= 0.3 is 0 Å². The normalized spacial score (nSPS) is 14.5. The van der Waals surface area contributed by atoms with E-state index in [1.807, 2.05) is 39.0 Å². The van der Waals surface area contributed by atoms with Crippen molar-refractivity contribution in [3.63, 3.8) is 0 Å². The maximum atomic E-state index is 13.0. The molecular weight excluding hydrogens is 436 g/mol. The number of hydrogen-bond donors (Lipinski definition) is 1. The number of fused-ring (bicyclic) bond motifs is 1. The van der Waals surface area contributed by atoms with Crippen molar-refractivity contribution in [3.8, 4) is 0 Å². The zero-order valence-corrected chi connectivity index (χ0v) is 18.7. The van der Waals surface area contributed by atoms with Crippen molar-refractivity contribution in [1.82, 2.24) is 9.97 Å². The molecule has 7 heteroatoms. The molecular formula is C21H23BrN4OS. The summed E-state index contributed by atoms with van der Waals surface area (Å²) < 4.78 is 0.879. The van der Waals surface area contributed by atoms with Crippen LogP contribution in [0.15, 0.2) is 22.7 Å². The van der Waals surface area contributed by atoms with E-state index in [2.05, 4.69) is 31.1 Å². The van der Waals surface area contributed by atoms with Gasteiger partial charge in [-0.25, -0.2) is 9.97 Å². The van der Waals surface area contributed by atoms with Crippen molar-refractivity contribution < 1.29 is 4.79 Å². The van der Waals surface area contributed by atoms with Gasteiger partial charge in [0.1, 0.15) is 16.5 Å². The number of piperidine rings is 1. The standard InChI is InChI=1S/C21H23BrN4OS/c1-12-7-8-16(15(22)11-12)25-20(27)18-13(2)17-19(26-9-5-4-6-10-26)23-14(3)24-21(17)28-18/h7-8,11H,4-6,9-10H2,1-3H3,(H,25,27). The van der Waals surface area contributed by atoms with E-state index in [-0.39, 0.29) is 5.91 Å². The number of nitrogens with one attached hydrogen (secondary N) is 1. The van der Waals surface area contributed by atoms with Gasteiger partial charge < -0.3 is 10.2 Å². The molecule has 1 saturated heterocycles. The van der Waals surface area contributed by atoms with Crippen LogP contribution in [0.1, 0.15) is 45.9 Å². The molecule has 1 fully saturated rings. The van der Waals surface area contributed by atoms with E-state index in [4.69, 9.17) is 4.98 Å². The van der Waals surface area contributed by atoms with E-state index in [1.54, 1.807) is 0 Å². The molecule has 1 aliphatic rings. The van der Waals surface area contributed by atoms with E-state index in [1.165, 1.54) is 30.6 Å². The quantitative estimate of drug-likeness (QED) is 0.552. The lowest BCUT2D eigenvalue weighted by molar-refractivity contribution is 0.103. The number of nitrogens with zero attached hydrogens (tertiary/aromatic N) is 3. The number of anilines is 2. The number of carbonyl (C=O) groups is 1. The van der Waals surface area contributed by atoms with Crippen LogP contribution in [0.2, 0.25) is 0 Å². The topological polar surface area (TPSA) is 58.1 Å². The summed E-state index contributed by atoms with van der Waals surface area (Å²) in [5.74, 6) is 1.63. The number of rotatable bonds is 3. The smallest absolute Gasteiger partial charge is 0.266 e. The summed E-state index contributed by atoms with van der Waals surface area (Å²) in [5, 5.41) is 4.05. The van der Waals surface area contributed by atoms with Crippen LogP contribution >= 0.6 is 27.3 Å². The van der Waals surface area contributed by atoms with Gasteiger partial charge in [0, 0.05) is 17.6 Å². The fourth-order valence-electron chi connectivity index (χ4n) is 3.67. The van der Waals surface area contributed by atoms with Crippen LogP contribution in [0, 0.1) is 20.8 Å². The van der Waals surface area contributed by atoms with Gasteiger partial charge in [-0.15, -0.1) is 11.3 Å². The van der Waals surface area contributed by atoms with Gasteiger partial charge in [-0.3, -0.25) is 4.79 Å². The molecule has 0 atom stereocenters. The van der Waals surface area contributed by atoms with Gasteiger partial charge in [-0.05, 0) is 79.2 Å². The highest BCUT2D eigenvalue weighted by Crippen LogP contribution is 2.37. The number of amides is 1. The molecule has 5 nitrogen and oxygen atoms in total. The Kier molecular flexibility index (Phi) is 5.38. The molecule has 3 heterocycles. The molecule has 0 saturated carbocycles. The first-order valence-corrected chi connectivity index (χ1v) is 11.1. The Hall–Kier alpha value is -1.99. The van der Waals surface area contributed by atoms with Crippen LogP contribution in [-0.2, 0) is 0 Å². The molecule has 0 radical (unpaired) electrons. The highest BCUT2D eigenvalue weighted by atomic mass is 79.9. The number of benzene rings is 1. The molecule has 146 valence electrons. The average Bonchev–Trinajstić information content (AvgIpc) is 3.00. The molecule has 3 aromatic rings. The summed E-state index contributed by atoms with van der Waals surface area (Å²) in [6, 6.07) is 5.90. The summed E-state index contributed by atoms with van der Waals surface area (Å²) in [7, 11) is 0. The third-order valence-electron chi connectivity index (χ3n) is 5.12. The van der Waals surface area contributed by atoms with E-state index < -0.39 is 0 Å². The van der Waals surface area contributed by atoms with Crippen LogP contribution in [0.3, 0.4) is 0 Å². The zero-order chi connectivity index (χ0) is 19.8. The Balaban J connectivity index is 1.73. The van der Waals surface area contributed by atoms with Crippen molar-refractivity contribution >= 4 is 54.9 Å². The predicted molar refractivity (Wildman–Crippen MR) is 120 cm³/mol. The van der Waals surface area contributed by atoms with Crippen LogP contribution in [0.5, 0.6) is 0 Å². The summed E-state index contributed by atoms with van der Waals surface area (Å²) in [4.78, 5) is 26.3. The average molecular weight is 459 g/mol. The number of hydrogen-bond acceptors (Lipinski definition) is 5. The second kappa shape index (κ2) is 7.79. The number of aryl methyl sites for hydroxylation is 3. The maximum Gasteiger partial charge on any atom is 0.266 e. The molecule has 4 rings (SSSR count). The maximum absolute atomic E-state index is 13.0. The fraction of sp³-hybridized carbons (Fsp3) is 0.381. The third kappa shape index (κ3) is 3.65. The van der Waals surface area contributed by atoms with Crippen molar-refractivity contribution in [2.24, 2.45) is 0 Å². The highest BCUT2D eigenvalue weighted by Gasteiger charge is 2.24. The molecule has 1 amide bonds. The molecule has 0 aliphatic carbocycles. The monoisotopic (exact) mass is 458 g/mol. The largest absolute Gasteiger partial charge is 0.356 e. The SMILES string of the molecule is Cc1ccc(NC(=O)c2sc3nc(C)nc(N4CCCCC4)c3c2C)c(Br)c1.